The van der Waals surface area contributed by atoms with Crippen molar-refractivity contribution in [2.45, 2.75) is 0 Å². The minimum Gasteiger partial charge on any atom is -0.309 e. The summed E-state index contributed by atoms with van der Waals surface area (Å²) in [6, 6.07) is 153. The first-order valence-corrected chi connectivity index (χ1v) is 48.4. The second-order valence-electron chi connectivity index (χ2n) is 33.0. The highest BCUT2D eigenvalue weighted by molar-refractivity contribution is 7.27. The number of thiazole rings is 1. The van der Waals surface area contributed by atoms with Gasteiger partial charge < -0.3 is 4.57 Å². The molecule has 27 aromatic rings. The lowest BCUT2D eigenvalue weighted by Crippen LogP contribution is -1.95. The number of benzene rings is 17. The number of hydrogen-bond acceptors (Lipinski definition) is 14. The highest BCUT2D eigenvalue weighted by Gasteiger charge is 2.25. The van der Waals surface area contributed by atoms with E-state index in [9.17, 15) is 0 Å². The lowest BCUT2D eigenvalue weighted by Gasteiger charge is -2.11. The highest BCUT2D eigenvalue weighted by atomic mass is 32.1. The van der Waals surface area contributed by atoms with Crippen molar-refractivity contribution >= 4 is 170 Å². The van der Waals surface area contributed by atoms with Crippen LogP contribution in [-0.4, -0.2) is 49.4 Å². The number of para-hydroxylation sites is 3. The van der Waals surface area contributed by atoms with Gasteiger partial charge in [-0.3, -0.25) is 0 Å². The Hall–Kier alpha value is -16.4. The molecule has 0 fully saturated rings. The number of rotatable bonds is 13. The first-order valence-electron chi connectivity index (χ1n) is 44.3. The molecule has 27 rings (SSSR count). The number of thiophene rings is 4. The summed E-state index contributed by atoms with van der Waals surface area (Å²) >= 11 is 8.65. The van der Waals surface area contributed by atoms with Gasteiger partial charge in [0.15, 0.2) is 23.3 Å². The summed E-state index contributed by atoms with van der Waals surface area (Å²) in [5.41, 5.74) is 25.6. The Balaban J connectivity index is 0.000000108. The number of nitrogens with zero attached hydrogens (tertiary/aromatic N) is 10. The SMILES string of the molecule is c1ccc(-c2nc(-c3cccc(-c4cccc(-c5nc(-c6ccccc6)c6c(n5)sc5ccccc56)c4)c3)c3sc4ccccc4c3n2)cc1.c1ccc(-c2nc(-c3cccc(-c4cccc(-c5nc6ccccc6s5)c4)c3)nc3sc4ccccc4c23)cc1.c1ccc(-c2nc(-c3cccc(-c4cccc(-n5c6ccccc6c6ccccc65)c4)c3)nc3sc4ccccc4c23)cc1. The molecule has 0 aliphatic heterocycles. The summed E-state index contributed by atoms with van der Waals surface area (Å²) < 4.78 is 9.52. The Morgan fingerprint density at radius 1 is 0.179 bits per heavy atom. The van der Waals surface area contributed by atoms with Crippen molar-refractivity contribution in [3.63, 3.8) is 0 Å². The van der Waals surface area contributed by atoms with Crippen LogP contribution in [0.15, 0.2) is 437 Å². The molecule has 15 heteroatoms. The monoisotopic (exact) mass is 1800 g/mol. The summed E-state index contributed by atoms with van der Waals surface area (Å²) in [6.07, 6.45) is 0. The summed E-state index contributed by atoms with van der Waals surface area (Å²) in [4.78, 5) is 49.2. The van der Waals surface area contributed by atoms with E-state index in [4.69, 9.17) is 44.9 Å². The quantitative estimate of drug-likeness (QED) is 0.111. The van der Waals surface area contributed by atoms with Gasteiger partial charge >= 0.3 is 0 Å². The van der Waals surface area contributed by atoms with E-state index in [1.54, 1.807) is 56.7 Å². The average molecular weight is 1800 g/mol. The standard InChI is InChI=1S/C44H26N4S2.C40H25N3S.C35H21N3S2/c1-3-13-27(14-4-1)38-37-33-21-7-9-23-35(33)50-44(37)48-43(45-38)32-20-12-18-30(26-32)29-17-11-19-31(25-29)39-41-40(34-22-8-10-24-36(34)49-41)47-42(46-39)28-15-5-2-6-16-28;1-2-12-26(13-3-1)38-37-33-20-6-9-23-36(33)44-40(37)42-39(41-38)29-16-10-14-27(24-29)28-15-11-17-30(25-28)43-34-21-7-4-18-31(34)32-19-5-8-22-35(32)43;1-2-10-22(11-3-1)32-31-27-16-4-6-18-29(27)39-35(31)38-33(37-32)25-14-8-12-23(20-25)24-13-9-15-26(21-24)34-36-28-17-5-7-19-30(28)40-34/h1-26H;1-25H;1-21H. The van der Waals surface area contributed by atoms with Crippen molar-refractivity contribution in [1.29, 1.82) is 0 Å². The molecule has 0 atom stereocenters. The average Bonchev–Trinajstić information content (AvgIpc) is 1.60. The largest absolute Gasteiger partial charge is 0.309 e. The third-order valence-corrected chi connectivity index (χ3v) is 30.1. The van der Waals surface area contributed by atoms with Crippen LogP contribution in [0.2, 0.25) is 0 Å². The van der Waals surface area contributed by atoms with Crippen LogP contribution in [-0.2, 0) is 0 Å². The lowest BCUT2D eigenvalue weighted by molar-refractivity contribution is 1.18. The van der Waals surface area contributed by atoms with Crippen LogP contribution >= 0.6 is 56.7 Å². The zero-order chi connectivity index (χ0) is 88.5. The molecule has 10 nitrogen and oxygen atoms in total. The van der Waals surface area contributed by atoms with Crippen molar-refractivity contribution in [3.8, 4) is 140 Å². The number of hydrogen-bond donors (Lipinski definition) is 0. The van der Waals surface area contributed by atoms with Crippen LogP contribution in [0.3, 0.4) is 0 Å². The molecule has 0 radical (unpaired) electrons. The van der Waals surface area contributed by atoms with Gasteiger partial charge in [0.1, 0.15) is 19.5 Å². The predicted octanol–water partition coefficient (Wildman–Crippen LogP) is 33.4. The van der Waals surface area contributed by atoms with Gasteiger partial charge in [0.25, 0.3) is 0 Å². The van der Waals surface area contributed by atoms with Crippen LogP contribution in [0.25, 0.3) is 253 Å². The molecule has 0 saturated heterocycles. The van der Waals surface area contributed by atoms with Gasteiger partial charge in [-0.2, -0.15) is 0 Å². The maximum absolute atomic E-state index is 5.24. The molecule has 0 aliphatic rings. The van der Waals surface area contributed by atoms with Crippen LogP contribution in [0.4, 0.5) is 0 Å². The fraction of sp³-hybridized carbons (Fsp3) is 0. The van der Waals surface area contributed by atoms with Gasteiger partial charge in [0, 0.05) is 123 Å². The normalized spacial score (nSPS) is 11.6. The van der Waals surface area contributed by atoms with E-state index in [0.29, 0.717) is 0 Å². The van der Waals surface area contributed by atoms with Crippen molar-refractivity contribution in [2.24, 2.45) is 0 Å². The minimum absolute atomic E-state index is 0.719. The molecule has 10 aromatic heterocycles. The lowest BCUT2D eigenvalue weighted by atomic mass is 9.99. The van der Waals surface area contributed by atoms with E-state index in [1.807, 2.05) is 42.5 Å². The van der Waals surface area contributed by atoms with E-state index in [0.717, 1.165) is 192 Å². The smallest absolute Gasteiger partial charge is 0.161 e. The summed E-state index contributed by atoms with van der Waals surface area (Å²) in [5, 5.41) is 11.7. The van der Waals surface area contributed by atoms with Crippen molar-refractivity contribution in [1.82, 2.24) is 49.4 Å². The Morgan fingerprint density at radius 3 is 0.925 bits per heavy atom. The molecule has 0 spiro atoms. The van der Waals surface area contributed by atoms with Gasteiger partial charge in [-0.15, -0.1) is 56.7 Å². The molecule has 10 heterocycles. The molecule has 17 aromatic carbocycles. The summed E-state index contributed by atoms with van der Waals surface area (Å²) in [5.74, 6) is 2.92. The Bertz CT molecular complexity index is 9150. The second kappa shape index (κ2) is 34.2. The second-order valence-corrected chi connectivity index (χ2v) is 38.1. The molecule has 134 heavy (non-hydrogen) atoms. The predicted molar refractivity (Wildman–Crippen MR) is 566 cm³/mol. The van der Waals surface area contributed by atoms with E-state index < -0.39 is 0 Å². The van der Waals surface area contributed by atoms with Crippen molar-refractivity contribution in [2.75, 3.05) is 0 Å². The topological polar surface area (TPSA) is 121 Å². The highest BCUT2D eigenvalue weighted by Crippen LogP contribution is 2.47. The molecular formula is C119H72N10S5. The summed E-state index contributed by atoms with van der Waals surface area (Å²) in [6.45, 7) is 0. The van der Waals surface area contributed by atoms with Gasteiger partial charge in [0.2, 0.25) is 0 Å². The molecular weight excluding hydrogens is 1730 g/mol. The fourth-order valence-electron chi connectivity index (χ4n) is 18.4. The van der Waals surface area contributed by atoms with E-state index >= 15 is 0 Å². The summed E-state index contributed by atoms with van der Waals surface area (Å²) in [7, 11) is 0. The zero-order valence-corrected chi connectivity index (χ0v) is 75.7. The third-order valence-electron chi connectivity index (χ3n) is 24.7. The molecule has 0 amide bonds. The Kier molecular flexibility index (Phi) is 20.3. The van der Waals surface area contributed by atoms with Crippen molar-refractivity contribution in [3.05, 3.63) is 437 Å². The minimum atomic E-state index is 0.719. The van der Waals surface area contributed by atoms with Crippen molar-refractivity contribution < 1.29 is 0 Å². The molecule has 0 unspecified atom stereocenters. The zero-order valence-electron chi connectivity index (χ0n) is 71.6. The van der Waals surface area contributed by atoms with Gasteiger partial charge in [-0.05, 0) is 124 Å². The number of fused-ring (bicyclic) bond motifs is 16. The van der Waals surface area contributed by atoms with Gasteiger partial charge in [-0.25, -0.2) is 44.9 Å². The fourth-order valence-corrected chi connectivity index (χ4v) is 23.7. The maximum Gasteiger partial charge on any atom is 0.161 e. The van der Waals surface area contributed by atoms with Crippen LogP contribution in [0, 0.1) is 0 Å². The molecule has 628 valence electrons. The third kappa shape index (κ3) is 14.8. The Morgan fingerprint density at radius 2 is 0.485 bits per heavy atom. The van der Waals surface area contributed by atoms with E-state index in [1.165, 1.54) is 61.5 Å². The van der Waals surface area contributed by atoms with E-state index in [2.05, 4.69) is 399 Å². The first-order chi connectivity index (χ1) is 66.4. The van der Waals surface area contributed by atoms with Crippen LogP contribution in [0.1, 0.15) is 0 Å². The maximum atomic E-state index is 5.24. The molecule has 0 N–H and O–H groups in total. The van der Waals surface area contributed by atoms with E-state index in [-0.39, 0.29) is 0 Å². The first kappa shape index (κ1) is 79.8. The molecule has 0 saturated carbocycles. The van der Waals surface area contributed by atoms with Crippen LogP contribution < -0.4 is 0 Å². The Labute approximate surface area is 789 Å². The molecule has 0 bridgehead atoms. The number of aromatic nitrogens is 10. The van der Waals surface area contributed by atoms with Gasteiger partial charge in [-0.1, -0.05) is 346 Å². The van der Waals surface area contributed by atoms with Gasteiger partial charge in [0.05, 0.1) is 54.2 Å². The van der Waals surface area contributed by atoms with Crippen LogP contribution in [0.5, 0.6) is 0 Å². The molecule has 0 aliphatic carbocycles.